The fourth-order valence-electron chi connectivity index (χ4n) is 1.51. The fourth-order valence-corrected chi connectivity index (χ4v) is 3.08. The third kappa shape index (κ3) is 3.52. The summed E-state index contributed by atoms with van der Waals surface area (Å²) in [6.45, 7) is 1.78. The first-order valence-electron chi connectivity index (χ1n) is 6.05. The molecule has 0 aliphatic carbocycles. The average molecular weight is 329 g/mol. The Morgan fingerprint density at radius 2 is 2.00 bits per heavy atom. The summed E-state index contributed by atoms with van der Waals surface area (Å²) in [5.74, 6) is -0.182. The zero-order valence-corrected chi connectivity index (χ0v) is 13.5. The molecule has 21 heavy (non-hydrogen) atoms. The molecule has 0 unspecified atom stereocenters. The van der Waals surface area contributed by atoms with Gasteiger partial charge in [0.2, 0.25) is 5.09 Å². The van der Waals surface area contributed by atoms with Gasteiger partial charge in [0.1, 0.15) is 17.2 Å². The Morgan fingerprint density at radius 1 is 1.29 bits per heavy atom. The van der Waals surface area contributed by atoms with Gasteiger partial charge in [-0.15, -0.1) is 11.3 Å². The summed E-state index contributed by atoms with van der Waals surface area (Å²) < 4.78 is 35.0. The second-order valence-electron chi connectivity index (χ2n) is 4.49. The topological polar surface area (TPSA) is 76.8 Å². The van der Waals surface area contributed by atoms with Gasteiger partial charge in [0.25, 0.3) is 10.0 Å². The molecular weight excluding hydrogens is 314 g/mol. The van der Waals surface area contributed by atoms with Gasteiger partial charge in [-0.25, -0.2) is 17.5 Å². The highest BCUT2D eigenvalue weighted by molar-refractivity contribution is 7.88. The lowest BCUT2D eigenvalue weighted by molar-refractivity contribution is 0.0446. The quantitative estimate of drug-likeness (QED) is 0.786. The molecule has 0 bridgehead atoms. The van der Waals surface area contributed by atoms with Gasteiger partial charge >= 0.3 is 5.97 Å². The molecule has 114 valence electrons. The molecule has 0 aliphatic rings. The lowest BCUT2D eigenvalue weighted by Crippen LogP contribution is -2.21. The molecule has 2 aromatic heterocycles. The summed E-state index contributed by atoms with van der Waals surface area (Å²) in [5.41, 5.74) is 0. The number of hydrogen-bond donors (Lipinski definition) is 0. The molecule has 0 radical (unpaired) electrons. The van der Waals surface area contributed by atoms with Gasteiger partial charge in [-0.3, -0.25) is 0 Å². The number of sulfonamides is 1. The van der Waals surface area contributed by atoms with E-state index in [1.165, 1.54) is 37.6 Å². The van der Waals surface area contributed by atoms with Crippen molar-refractivity contribution in [1.82, 2.24) is 4.31 Å². The maximum Gasteiger partial charge on any atom is 0.348 e. The van der Waals surface area contributed by atoms with Crippen molar-refractivity contribution in [3.8, 4) is 0 Å². The number of rotatable bonds is 5. The predicted molar refractivity (Wildman–Crippen MR) is 77.8 cm³/mol. The highest BCUT2D eigenvalue weighted by atomic mass is 32.2. The van der Waals surface area contributed by atoms with Crippen LogP contribution in [0.5, 0.6) is 0 Å². The lowest BCUT2D eigenvalue weighted by Gasteiger charge is -2.07. The maximum absolute atomic E-state index is 11.8. The van der Waals surface area contributed by atoms with Crippen molar-refractivity contribution in [2.45, 2.75) is 18.6 Å². The van der Waals surface area contributed by atoms with E-state index >= 15 is 0 Å². The van der Waals surface area contributed by atoms with Gasteiger partial charge in [0, 0.05) is 19.0 Å². The van der Waals surface area contributed by atoms with Crippen molar-refractivity contribution in [2.75, 3.05) is 14.1 Å². The second-order valence-corrected chi connectivity index (χ2v) is 7.87. The van der Waals surface area contributed by atoms with E-state index in [1.54, 1.807) is 6.07 Å². The summed E-state index contributed by atoms with van der Waals surface area (Å²) in [5, 5.41) is -0.175. The normalized spacial score (nSPS) is 11.8. The van der Waals surface area contributed by atoms with Crippen molar-refractivity contribution in [3.05, 3.63) is 39.8 Å². The molecule has 8 heteroatoms. The van der Waals surface area contributed by atoms with E-state index in [9.17, 15) is 13.2 Å². The smallest absolute Gasteiger partial charge is 0.348 e. The minimum Gasteiger partial charge on any atom is -0.453 e. The van der Waals surface area contributed by atoms with E-state index in [-0.39, 0.29) is 17.5 Å². The number of carbonyl (C=O) groups excluding carboxylic acids is 1. The molecule has 0 aliphatic heterocycles. The SMILES string of the molecule is Cc1ccc(C(=O)OCc2ccc(S(=O)(=O)N(C)C)o2)s1. The first kappa shape index (κ1) is 15.7. The van der Waals surface area contributed by atoms with Crippen molar-refractivity contribution < 1.29 is 22.4 Å². The minimum atomic E-state index is -3.62. The number of carbonyl (C=O) groups is 1. The highest BCUT2D eigenvalue weighted by Crippen LogP contribution is 2.19. The van der Waals surface area contributed by atoms with Gasteiger partial charge in [0.05, 0.1) is 0 Å². The molecule has 6 nitrogen and oxygen atoms in total. The number of ether oxygens (including phenoxy) is 1. The van der Waals surface area contributed by atoms with E-state index in [2.05, 4.69) is 0 Å². The zero-order valence-electron chi connectivity index (χ0n) is 11.8. The first-order valence-corrected chi connectivity index (χ1v) is 8.31. The fraction of sp³-hybridized carbons (Fsp3) is 0.308. The van der Waals surface area contributed by atoms with Crippen LogP contribution in [0.25, 0.3) is 0 Å². The molecule has 0 fully saturated rings. The van der Waals surface area contributed by atoms with Crippen LogP contribution in [0.1, 0.15) is 20.3 Å². The van der Waals surface area contributed by atoms with Crippen LogP contribution < -0.4 is 0 Å². The molecule has 0 saturated heterocycles. The number of furan rings is 1. The minimum absolute atomic E-state index is 0.112. The molecule has 2 rings (SSSR count). The molecule has 0 saturated carbocycles. The van der Waals surface area contributed by atoms with Crippen LogP contribution in [-0.2, 0) is 21.4 Å². The number of esters is 1. The second kappa shape index (κ2) is 6.00. The van der Waals surface area contributed by atoms with Crippen LogP contribution in [0, 0.1) is 6.92 Å². The Morgan fingerprint density at radius 3 is 2.57 bits per heavy atom. The van der Waals surface area contributed by atoms with Crippen LogP contribution >= 0.6 is 11.3 Å². The molecule has 0 spiro atoms. The van der Waals surface area contributed by atoms with E-state index < -0.39 is 16.0 Å². The monoisotopic (exact) mass is 329 g/mol. The van der Waals surface area contributed by atoms with E-state index in [1.807, 2.05) is 13.0 Å². The summed E-state index contributed by atoms with van der Waals surface area (Å²) in [7, 11) is -0.788. The summed E-state index contributed by atoms with van der Waals surface area (Å²) in [4.78, 5) is 13.3. The van der Waals surface area contributed by atoms with Crippen molar-refractivity contribution >= 4 is 27.3 Å². The largest absolute Gasteiger partial charge is 0.453 e. The molecule has 0 aromatic carbocycles. The van der Waals surface area contributed by atoms with Gasteiger partial charge in [0.15, 0.2) is 0 Å². The summed E-state index contributed by atoms with van der Waals surface area (Å²) in [6.07, 6.45) is 0. The van der Waals surface area contributed by atoms with Gasteiger partial charge in [-0.05, 0) is 31.2 Å². The Labute approximate surface area is 127 Å². The first-order chi connectivity index (χ1) is 9.80. The van der Waals surface area contributed by atoms with E-state index in [0.29, 0.717) is 4.88 Å². The Kier molecular flexibility index (Phi) is 4.50. The van der Waals surface area contributed by atoms with Gasteiger partial charge in [-0.1, -0.05) is 0 Å². The standard InChI is InChI=1S/C13H15NO5S2/c1-9-4-6-11(20-9)13(15)18-8-10-5-7-12(19-10)21(16,17)14(2)3/h4-7H,8H2,1-3H3. The van der Waals surface area contributed by atoms with Crippen LogP contribution in [-0.4, -0.2) is 32.8 Å². The molecule has 2 aromatic rings. The van der Waals surface area contributed by atoms with Crippen LogP contribution in [0.4, 0.5) is 0 Å². The van der Waals surface area contributed by atoms with Crippen LogP contribution in [0.2, 0.25) is 0 Å². The third-order valence-corrected chi connectivity index (χ3v) is 5.33. The molecular formula is C13H15NO5S2. The van der Waals surface area contributed by atoms with Crippen LogP contribution in [0.15, 0.2) is 33.8 Å². The van der Waals surface area contributed by atoms with Crippen LogP contribution in [0.3, 0.4) is 0 Å². The zero-order chi connectivity index (χ0) is 15.6. The van der Waals surface area contributed by atoms with Gasteiger partial charge < -0.3 is 9.15 Å². The number of thiophene rings is 1. The third-order valence-electron chi connectivity index (χ3n) is 2.66. The molecule has 0 N–H and O–H groups in total. The summed E-state index contributed by atoms with van der Waals surface area (Å²) in [6, 6.07) is 6.33. The Hall–Kier alpha value is -1.64. The van der Waals surface area contributed by atoms with Crippen molar-refractivity contribution in [2.24, 2.45) is 0 Å². The summed E-state index contributed by atoms with van der Waals surface area (Å²) >= 11 is 1.34. The molecule has 0 amide bonds. The lowest BCUT2D eigenvalue weighted by atomic mass is 10.4. The molecule has 2 heterocycles. The Bertz CT molecular complexity index is 742. The number of aryl methyl sites for hydroxylation is 1. The van der Waals surface area contributed by atoms with E-state index in [0.717, 1.165) is 9.18 Å². The maximum atomic E-state index is 11.8. The number of hydrogen-bond acceptors (Lipinski definition) is 6. The Balaban J connectivity index is 2.02. The van der Waals surface area contributed by atoms with Crippen molar-refractivity contribution in [3.63, 3.8) is 0 Å². The van der Waals surface area contributed by atoms with Gasteiger partial charge in [-0.2, -0.15) is 0 Å². The highest BCUT2D eigenvalue weighted by Gasteiger charge is 2.22. The number of nitrogens with zero attached hydrogens (tertiary/aromatic N) is 1. The van der Waals surface area contributed by atoms with Crippen molar-refractivity contribution in [1.29, 1.82) is 0 Å². The molecule has 0 atom stereocenters. The van der Waals surface area contributed by atoms with E-state index in [4.69, 9.17) is 9.15 Å². The predicted octanol–water partition coefficient (Wildman–Crippen LogP) is 2.26. The average Bonchev–Trinajstić information content (AvgIpc) is 3.04.